The molecule has 1 aliphatic heterocycles. The molecule has 0 atom stereocenters. The highest BCUT2D eigenvalue weighted by atomic mass is 79.9. The smallest absolute Gasteiger partial charge is 0.298 e. The van der Waals surface area contributed by atoms with Crippen LogP contribution in [0.1, 0.15) is 11.1 Å². The summed E-state index contributed by atoms with van der Waals surface area (Å²) in [6, 6.07) is 18.0. The molecule has 9 heteroatoms. The molecule has 4 aromatic rings. The normalized spacial score (nSPS) is 15.2. The van der Waals surface area contributed by atoms with Crippen molar-refractivity contribution in [1.82, 2.24) is 4.57 Å². The van der Waals surface area contributed by atoms with Crippen LogP contribution in [-0.2, 0) is 11.3 Å². The van der Waals surface area contributed by atoms with Gasteiger partial charge in [0.1, 0.15) is 0 Å². The minimum Gasteiger partial charge on any atom is -0.342 e. The first-order valence-electron chi connectivity index (χ1n) is 10.1. The van der Waals surface area contributed by atoms with E-state index in [0.717, 1.165) is 43.2 Å². The van der Waals surface area contributed by atoms with Crippen LogP contribution in [0.2, 0.25) is 15.1 Å². The zero-order valence-electron chi connectivity index (χ0n) is 17.3. The maximum atomic E-state index is 13.1. The van der Waals surface area contributed by atoms with Crippen molar-refractivity contribution in [3.05, 3.63) is 102 Å². The van der Waals surface area contributed by atoms with Crippen molar-refractivity contribution in [2.75, 3.05) is 4.90 Å². The van der Waals surface area contributed by atoms with Crippen molar-refractivity contribution in [1.29, 1.82) is 0 Å². The molecule has 1 aliphatic rings. The Bertz CT molecular complexity index is 1500. The van der Waals surface area contributed by atoms with Gasteiger partial charge in [-0.15, -0.1) is 0 Å². The first kappa shape index (κ1) is 23.5. The van der Waals surface area contributed by atoms with Crippen LogP contribution in [0.4, 0.5) is 10.5 Å². The van der Waals surface area contributed by atoms with Gasteiger partial charge in [0.25, 0.3) is 11.1 Å². The number of aromatic nitrogens is 1. The second-order valence-electron chi connectivity index (χ2n) is 7.60. The largest absolute Gasteiger partial charge is 0.342 e. The standard InChI is InChI=1S/C25H14BrCl3N2O2S/c26-16-2-8-22-20(10-16)15(13-30(22)12-14-1-3-18(28)11-21(14)29)9-23-24(32)31(25(33)34-23)19-6-4-17(27)5-7-19/h1-11,13H,12H2/b23-9-. The maximum absolute atomic E-state index is 13.1. The molecule has 0 bridgehead atoms. The summed E-state index contributed by atoms with van der Waals surface area (Å²) in [6.45, 7) is 0.522. The fraction of sp³-hybridized carbons (Fsp3) is 0.0400. The van der Waals surface area contributed by atoms with Crippen molar-refractivity contribution in [2.24, 2.45) is 0 Å². The quantitative estimate of drug-likeness (QED) is 0.223. The topological polar surface area (TPSA) is 42.3 Å². The van der Waals surface area contributed by atoms with Gasteiger partial charge >= 0.3 is 0 Å². The first-order valence-corrected chi connectivity index (χ1v) is 12.8. The maximum Gasteiger partial charge on any atom is 0.298 e. The fourth-order valence-corrected chi connectivity index (χ4v) is 5.59. The number of benzene rings is 3. The fourth-order valence-electron chi connectivity index (χ4n) is 3.80. The highest BCUT2D eigenvalue weighted by Crippen LogP contribution is 2.38. The van der Waals surface area contributed by atoms with E-state index in [2.05, 4.69) is 20.5 Å². The van der Waals surface area contributed by atoms with E-state index in [1.54, 1.807) is 42.5 Å². The summed E-state index contributed by atoms with van der Waals surface area (Å²) >= 11 is 22.8. The molecule has 1 saturated heterocycles. The van der Waals surface area contributed by atoms with E-state index in [-0.39, 0.29) is 11.1 Å². The molecule has 1 fully saturated rings. The Morgan fingerprint density at radius 1 is 0.912 bits per heavy atom. The second kappa shape index (κ2) is 9.44. The second-order valence-corrected chi connectivity index (χ2v) is 10.8. The number of amides is 2. The lowest BCUT2D eigenvalue weighted by atomic mass is 10.1. The predicted octanol–water partition coefficient (Wildman–Crippen LogP) is 8.65. The number of carbonyl (C=O) groups is 2. The van der Waals surface area contributed by atoms with Crippen molar-refractivity contribution in [2.45, 2.75) is 6.54 Å². The van der Waals surface area contributed by atoms with E-state index in [9.17, 15) is 9.59 Å². The summed E-state index contributed by atoms with van der Waals surface area (Å²) in [5, 5.41) is 2.28. The molecule has 0 unspecified atom stereocenters. The van der Waals surface area contributed by atoms with E-state index in [1.807, 2.05) is 30.5 Å². The SMILES string of the molecule is O=C1S/C(=C\c2cn(Cc3ccc(Cl)cc3Cl)c3ccc(Br)cc23)C(=O)N1c1ccc(Cl)cc1. The number of imide groups is 1. The monoisotopic (exact) mass is 590 g/mol. The third kappa shape index (κ3) is 4.53. The number of hydrogen-bond donors (Lipinski definition) is 0. The molecule has 0 N–H and O–H groups in total. The highest BCUT2D eigenvalue weighted by molar-refractivity contribution is 9.10. The zero-order chi connectivity index (χ0) is 24.0. The van der Waals surface area contributed by atoms with Crippen LogP contribution in [0.3, 0.4) is 0 Å². The Balaban J connectivity index is 1.55. The summed E-state index contributed by atoms with van der Waals surface area (Å²) in [5.41, 5.74) is 3.19. The van der Waals surface area contributed by atoms with Gasteiger partial charge in [-0.1, -0.05) is 56.8 Å². The molecule has 3 aromatic carbocycles. The summed E-state index contributed by atoms with van der Waals surface area (Å²) < 4.78 is 2.97. The van der Waals surface area contributed by atoms with E-state index >= 15 is 0 Å². The summed E-state index contributed by atoms with van der Waals surface area (Å²) in [6.07, 6.45) is 3.72. The number of nitrogens with zero attached hydrogens (tertiary/aromatic N) is 2. The molecule has 5 rings (SSSR count). The summed E-state index contributed by atoms with van der Waals surface area (Å²) in [7, 11) is 0. The minimum atomic E-state index is -0.367. The Morgan fingerprint density at radius 2 is 1.65 bits per heavy atom. The lowest BCUT2D eigenvalue weighted by Gasteiger charge is -2.12. The van der Waals surface area contributed by atoms with Crippen LogP contribution >= 0.6 is 62.5 Å². The molecule has 1 aromatic heterocycles. The van der Waals surface area contributed by atoms with Crippen LogP contribution in [-0.4, -0.2) is 15.7 Å². The van der Waals surface area contributed by atoms with Gasteiger partial charge in [0.15, 0.2) is 0 Å². The lowest BCUT2D eigenvalue weighted by Crippen LogP contribution is -2.27. The number of carbonyl (C=O) groups excluding carboxylic acids is 2. The summed E-state index contributed by atoms with van der Waals surface area (Å²) in [5.74, 6) is -0.367. The van der Waals surface area contributed by atoms with Gasteiger partial charge in [-0.25, -0.2) is 4.90 Å². The van der Waals surface area contributed by atoms with Crippen LogP contribution < -0.4 is 4.90 Å². The van der Waals surface area contributed by atoms with Gasteiger partial charge in [0.2, 0.25) is 0 Å². The number of thioether (sulfide) groups is 1. The molecule has 170 valence electrons. The summed E-state index contributed by atoms with van der Waals surface area (Å²) in [4.78, 5) is 27.3. The van der Waals surface area contributed by atoms with Gasteiger partial charge in [0, 0.05) is 48.7 Å². The van der Waals surface area contributed by atoms with Crippen molar-refractivity contribution in [3.8, 4) is 0 Å². The van der Waals surface area contributed by atoms with Crippen molar-refractivity contribution < 1.29 is 9.59 Å². The molecule has 2 heterocycles. The first-order chi connectivity index (χ1) is 16.3. The van der Waals surface area contributed by atoms with Crippen molar-refractivity contribution in [3.63, 3.8) is 0 Å². The van der Waals surface area contributed by atoms with E-state index in [4.69, 9.17) is 34.8 Å². The van der Waals surface area contributed by atoms with E-state index in [1.165, 1.54) is 0 Å². The van der Waals surface area contributed by atoms with E-state index < -0.39 is 0 Å². The van der Waals surface area contributed by atoms with Crippen LogP contribution in [0.15, 0.2) is 76.2 Å². The highest BCUT2D eigenvalue weighted by Gasteiger charge is 2.36. The van der Waals surface area contributed by atoms with Crippen LogP contribution in [0.5, 0.6) is 0 Å². The van der Waals surface area contributed by atoms with Crippen LogP contribution in [0, 0.1) is 0 Å². The Labute approximate surface area is 223 Å². The minimum absolute atomic E-state index is 0.350. The molecule has 0 saturated carbocycles. The molecule has 2 amide bonds. The average molecular weight is 593 g/mol. The van der Waals surface area contributed by atoms with Gasteiger partial charge in [-0.2, -0.15) is 0 Å². The third-order valence-corrected chi connectivity index (χ3v) is 7.60. The van der Waals surface area contributed by atoms with E-state index in [0.29, 0.717) is 32.2 Å². The molecule has 0 aliphatic carbocycles. The number of fused-ring (bicyclic) bond motifs is 1. The third-order valence-electron chi connectivity index (χ3n) is 5.39. The van der Waals surface area contributed by atoms with Crippen molar-refractivity contribution >= 4 is 96.3 Å². The Kier molecular flexibility index (Phi) is 6.53. The lowest BCUT2D eigenvalue weighted by molar-refractivity contribution is -0.113. The van der Waals surface area contributed by atoms with Gasteiger partial charge in [-0.3, -0.25) is 9.59 Å². The van der Waals surface area contributed by atoms with Crippen LogP contribution in [0.25, 0.3) is 17.0 Å². The number of hydrogen-bond acceptors (Lipinski definition) is 3. The predicted molar refractivity (Wildman–Crippen MR) is 145 cm³/mol. The number of halogens is 4. The molecular weight excluding hydrogens is 579 g/mol. The van der Waals surface area contributed by atoms with Gasteiger partial charge in [-0.05, 0) is 78.0 Å². The van der Waals surface area contributed by atoms with Gasteiger partial charge in [0.05, 0.1) is 10.6 Å². The molecular formula is C25H14BrCl3N2O2S. The Hall–Kier alpha value is -2.22. The molecule has 34 heavy (non-hydrogen) atoms. The molecule has 4 nitrogen and oxygen atoms in total. The number of anilines is 1. The van der Waals surface area contributed by atoms with Gasteiger partial charge < -0.3 is 4.57 Å². The molecule has 0 radical (unpaired) electrons. The number of rotatable bonds is 4. The zero-order valence-corrected chi connectivity index (χ0v) is 21.9. The average Bonchev–Trinajstić information content (AvgIpc) is 3.27. The Morgan fingerprint density at radius 3 is 2.38 bits per heavy atom. The molecule has 0 spiro atoms.